The van der Waals surface area contributed by atoms with E-state index in [9.17, 15) is 9.59 Å². The normalized spacial score (nSPS) is 23.2. The Labute approximate surface area is 250 Å². The van der Waals surface area contributed by atoms with Crippen molar-refractivity contribution in [3.63, 3.8) is 0 Å². The standard InChI is InChI=1S/C29H35Cl2N7O3/c1-4-7-23(18-9-11-19(12-10-18)27(39)32-17-25-34-36-37(2)35-25)38-28(40)26(20-14-21(30)16-22(31)15-20)33-29(38)13-6-5-8-24(29)41-3/h9-12,14-16,23-24,36H,4-8,13,17H2,1-3H3,(H,32,39)(H,34,35). The molecule has 1 spiro atoms. The third-order valence-corrected chi connectivity index (χ3v) is 8.26. The molecule has 3 unspecified atom stereocenters. The van der Waals surface area contributed by atoms with E-state index in [0.717, 1.165) is 37.7 Å². The van der Waals surface area contributed by atoms with Gasteiger partial charge in [0.15, 0.2) is 11.5 Å². The van der Waals surface area contributed by atoms with Crippen LogP contribution in [0, 0.1) is 0 Å². The molecule has 3 atom stereocenters. The molecule has 3 aliphatic rings. The number of hydrazine groups is 2. The summed E-state index contributed by atoms with van der Waals surface area (Å²) in [5.74, 6) is 0.220. The SMILES string of the molecule is CCCC(c1ccc(C(=O)NCC2=NNN(C)N2)cc1)N1C(=O)C(c2cc(Cl)cc(Cl)c2)=NC12CCCCC2OC. The minimum atomic E-state index is -0.847. The largest absolute Gasteiger partial charge is 0.377 e. The van der Waals surface area contributed by atoms with Crippen LogP contribution in [0.3, 0.4) is 0 Å². The van der Waals surface area contributed by atoms with E-state index < -0.39 is 5.66 Å². The quantitative estimate of drug-likeness (QED) is 0.393. The second kappa shape index (κ2) is 12.4. The molecule has 2 heterocycles. The van der Waals surface area contributed by atoms with E-state index in [1.165, 1.54) is 0 Å². The van der Waals surface area contributed by atoms with Gasteiger partial charge < -0.3 is 15.0 Å². The Morgan fingerprint density at radius 1 is 1.20 bits per heavy atom. The van der Waals surface area contributed by atoms with Crippen LogP contribution in [0.2, 0.25) is 10.0 Å². The first-order chi connectivity index (χ1) is 19.8. The molecule has 0 bridgehead atoms. The highest BCUT2D eigenvalue weighted by Crippen LogP contribution is 2.46. The van der Waals surface area contributed by atoms with Gasteiger partial charge in [0.1, 0.15) is 11.8 Å². The monoisotopic (exact) mass is 599 g/mol. The number of methoxy groups -OCH3 is 1. The number of nitrogens with one attached hydrogen (secondary N) is 3. The fraction of sp³-hybridized carbons (Fsp3) is 0.448. The van der Waals surface area contributed by atoms with Gasteiger partial charge >= 0.3 is 0 Å². The van der Waals surface area contributed by atoms with E-state index in [2.05, 4.69) is 28.3 Å². The van der Waals surface area contributed by atoms with Crippen LogP contribution in [-0.2, 0) is 9.53 Å². The first-order valence-electron chi connectivity index (χ1n) is 13.9. The molecular formula is C29H35Cl2N7O3. The molecule has 0 aromatic heterocycles. The van der Waals surface area contributed by atoms with Gasteiger partial charge in [-0.25, -0.2) is 10.5 Å². The van der Waals surface area contributed by atoms with Crippen molar-refractivity contribution in [2.24, 2.45) is 10.1 Å². The van der Waals surface area contributed by atoms with Crippen LogP contribution in [0.5, 0.6) is 0 Å². The number of hydrogen-bond acceptors (Lipinski definition) is 8. The van der Waals surface area contributed by atoms with Crippen molar-refractivity contribution in [3.8, 4) is 0 Å². The van der Waals surface area contributed by atoms with Crippen molar-refractivity contribution in [1.29, 1.82) is 0 Å². The van der Waals surface area contributed by atoms with Gasteiger partial charge in [0, 0.05) is 35.3 Å². The molecule has 2 aromatic rings. The lowest BCUT2D eigenvalue weighted by Crippen LogP contribution is -2.57. The zero-order chi connectivity index (χ0) is 29.1. The summed E-state index contributed by atoms with van der Waals surface area (Å²) < 4.78 is 6.00. The maximum atomic E-state index is 14.3. The highest BCUT2D eigenvalue weighted by molar-refractivity contribution is 6.48. The summed E-state index contributed by atoms with van der Waals surface area (Å²) in [6, 6.07) is 12.3. The van der Waals surface area contributed by atoms with E-state index in [4.69, 9.17) is 32.9 Å². The molecule has 0 radical (unpaired) electrons. The molecule has 2 aromatic carbocycles. The number of rotatable bonds is 9. The van der Waals surface area contributed by atoms with Gasteiger partial charge in [-0.05, 0) is 61.6 Å². The van der Waals surface area contributed by atoms with Crippen molar-refractivity contribution in [2.45, 2.75) is 63.3 Å². The number of hydrazone groups is 1. The second-order valence-electron chi connectivity index (χ2n) is 10.6. The maximum Gasteiger partial charge on any atom is 0.275 e. The van der Waals surface area contributed by atoms with Crippen LogP contribution in [0.25, 0.3) is 0 Å². The number of halogens is 2. The fourth-order valence-corrected chi connectivity index (χ4v) is 6.52. The molecule has 41 heavy (non-hydrogen) atoms. The molecule has 3 N–H and O–H groups in total. The Hall–Kier alpha value is -3.18. The molecule has 10 nitrogen and oxygen atoms in total. The van der Waals surface area contributed by atoms with E-state index >= 15 is 0 Å². The number of benzene rings is 2. The molecule has 5 rings (SSSR count). The third kappa shape index (κ3) is 5.92. The lowest BCUT2D eigenvalue weighted by atomic mass is 9.83. The number of carbonyl (C=O) groups excluding carboxylic acids is 2. The maximum absolute atomic E-state index is 14.3. The summed E-state index contributed by atoms with van der Waals surface area (Å²) in [6.45, 7) is 2.36. The van der Waals surface area contributed by atoms with Gasteiger partial charge in [-0.1, -0.05) is 55.1 Å². The van der Waals surface area contributed by atoms with E-state index in [0.29, 0.717) is 39.1 Å². The Kier molecular flexibility index (Phi) is 8.84. The van der Waals surface area contributed by atoms with Crippen LogP contribution < -0.4 is 16.3 Å². The molecule has 1 fully saturated rings. The topological polar surface area (TPSA) is 111 Å². The molecule has 1 aliphatic carbocycles. The molecule has 0 saturated heterocycles. The number of carbonyl (C=O) groups is 2. The summed E-state index contributed by atoms with van der Waals surface area (Å²) in [5, 5.41) is 9.43. The molecule has 1 saturated carbocycles. The summed E-state index contributed by atoms with van der Waals surface area (Å²) in [7, 11) is 3.46. The van der Waals surface area contributed by atoms with Gasteiger partial charge in [-0.15, -0.1) is 10.2 Å². The number of ether oxygens (including phenoxy) is 1. The van der Waals surface area contributed by atoms with Crippen LogP contribution in [0.4, 0.5) is 0 Å². The van der Waals surface area contributed by atoms with Crippen molar-refractivity contribution < 1.29 is 14.3 Å². The van der Waals surface area contributed by atoms with Gasteiger partial charge in [0.05, 0.1) is 12.6 Å². The van der Waals surface area contributed by atoms with Crippen LogP contribution in [-0.4, -0.2) is 65.8 Å². The lowest BCUT2D eigenvalue weighted by molar-refractivity contribution is -0.143. The van der Waals surface area contributed by atoms with Crippen molar-refractivity contribution in [1.82, 2.24) is 26.3 Å². The molecule has 2 amide bonds. The summed E-state index contributed by atoms with van der Waals surface area (Å²) >= 11 is 12.6. The van der Waals surface area contributed by atoms with E-state index in [1.807, 2.05) is 17.0 Å². The minimum absolute atomic E-state index is 0.170. The second-order valence-corrected chi connectivity index (χ2v) is 11.5. The number of hydrogen-bond donors (Lipinski definition) is 3. The number of amidine groups is 1. The number of amides is 2. The highest BCUT2D eigenvalue weighted by Gasteiger charge is 2.55. The van der Waals surface area contributed by atoms with Crippen molar-refractivity contribution in [2.75, 3.05) is 20.7 Å². The summed E-state index contributed by atoms with van der Waals surface area (Å²) in [6.07, 6.45) is 4.75. The zero-order valence-corrected chi connectivity index (χ0v) is 24.9. The van der Waals surface area contributed by atoms with E-state index in [1.54, 1.807) is 49.6 Å². The summed E-state index contributed by atoms with van der Waals surface area (Å²) in [5.41, 5.74) is 7.27. The average Bonchev–Trinajstić information content (AvgIpc) is 3.50. The predicted molar refractivity (Wildman–Crippen MR) is 160 cm³/mol. The summed E-state index contributed by atoms with van der Waals surface area (Å²) in [4.78, 5) is 34.2. The Bertz CT molecular complexity index is 1350. The molecule has 2 aliphatic heterocycles. The smallest absolute Gasteiger partial charge is 0.275 e. The Morgan fingerprint density at radius 3 is 2.56 bits per heavy atom. The van der Waals surface area contributed by atoms with Gasteiger partial charge in [-0.2, -0.15) is 0 Å². The van der Waals surface area contributed by atoms with Crippen LogP contribution >= 0.6 is 23.2 Å². The number of aliphatic imine (C=N–C) groups is 1. The van der Waals surface area contributed by atoms with Gasteiger partial charge in [0.2, 0.25) is 0 Å². The number of nitrogens with zero attached hydrogens (tertiary/aromatic N) is 4. The van der Waals surface area contributed by atoms with Gasteiger partial charge in [-0.3, -0.25) is 15.0 Å². The third-order valence-electron chi connectivity index (χ3n) is 7.82. The van der Waals surface area contributed by atoms with Crippen LogP contribution in [0.1, 0.15) is 73.0 Å². The van der Waals surface area contributed by atoms with Crippen LogP contribution in [0.15, 0.2) is 52.6 Å². The lowest BCUT2D eigenvalue weighted by Gasteiger charge is -2.47. The zero-order valence-electron chi connectivity index (χ0n) is 23.4. The molecular weight excluding hydrogens is 565 g/mol. The minimum Gasteiger partial charge on any atom is -0.377 e. The Morgan fingerprint density at radius 2 is 1.93 bits per heavy atom. The predicted octanol–water partition coefficient (Wildman–Crippen LogP) is 4.45. The highest BCUT2D eigenvalue weighted by atomic mass is 35.5. The molecule has 12 heteroatoms. The van der Waals surface area contributed by atoms with Crippen molar-refractivity contribution >= 4 is 46.6 Å². The first kappa shape index (κ1) is 29.3. The fourth-order valence-electron chi connectivity index (χ4n) is 5.99. The Balaban J connectivity index is 1.46. The van der Waals surface area contributed by atoms with Gasteiger partial charge in [0.25, 0.3) is 11.8 Å². The average molecular weight is 601 g/mol. The first-order valence-corrected chi connectivity index (χ1v) is 14.6. The van der Waals surface area contributed by atoms with E-state index in [-0.39, 0.29) is 30.5 Å². The van der Waals surface area contributed by atoms with Crippen molar-refractivity contribution in [3.05, 3.63) is 69.2 Å². The molecule has 218 valence electrons.